The molecule has 1 aliphatic rings. The summed E-state index contributed by atoms with van der Waals surface area (Å²) in [6.07, 6.45) is -3.60. The molecule has 3 nitrogen and oxygen atoms in total. The van der Waals surface area contributed by atoms with Crippen molar-refractivity contribution < 1.29 is 18.0 Å². The zero-order chi connectivity index (χ0) is 13.1. The lowest BCUT2D eigenvalue weighted by Gasteiger charge is -2.36. The molecule has 100 valence electrons. The van der Waals surface area contributed by atoms with Gasteiger partial charge in [0.2, 0.25) is 5.91 Å². The summed E-state index contributed by atoms with van der Waals surface area (Å²) in [5.41, 5.74) is 5.71. The maximum absolute atomic E-state index is 12.3. The zero-order valence-corrected chi connectivity index (χ0v) is 9.96. The third-order valence-corrected chi connectivity index (χ3v) is 2.91. The highest BCUT2D eigenvalue weighted by molar-refractivity contribution is 5.76. The lowest BCUT2D eigenvalue weighted by Crippen LogP contribution is -2.50. The maximum Gasteiger partial charge on any atom is 0.389 e. The fourth-order valence-corrected chi connectivity index (χ4v) is 2.30. The van der Waals surface area contributed by atoms with E-state index in [4.69, 9.17) is 5.73 Å². The van der Waals surface area contributed by atoms with Crippen LogP contribution >= 0.6 is 0 Å². The summed E-state index contributed by atoms with van der Waals surface area (Å²) >= 11 is 0. The molecule has 2 atom stereocenters. The van der Waals surface area contributed by atoms with Gasteiger partial charge in [0.05, 0.1) is 0 Å². The van der Waals surface area contributed by atoms with E-state index in [1.165, 1.54) is 4.90 Å². The first-order valence-electron chi connectivity index (χ1n) is 5.92. The molecule has 0 saturated carbocycles. The Labute approximate surface area is 99.1 Å². The van der Waals surface area contributed by atoms with Crippen molar-refractivity contribution in [2.75, 3.05) is 13.1 Å². The van der Waals surface area contributed by atoms with Crippen molar-refractivity contribution >= 4 is 5.91 Å². The predicted molar refractivity (Wildman–Crippen MR) is 58.2 cm³/mol. The monoisotopic (exact) mass is 252 g/mol. The average Bonchev–Trinajstić information content (AvgIpc) is 2.14. The number of carbonyl (C=O) groups is 1. The molecule has 0 spiro atoms. The van der Waals surface area contributed by atoms with Crippen molar-refractivity contribution in [3.05, 3.63) is 0 Å². The third-order valence-electron chi connectivity index (χ3n) is 2.91. The van der Waals surface area contributed by atoms with Crippen LogP contribution in [-0.4, -0.2) is 36.1 Å². The first-order chi connectivity index (χ1) is 7.81. The predicted octanol–water partition coefficient (Wildman–Crippen LogP) is 1.91. The SMILES string of the molecule is CCCC(=O)N1CC(N)CC(CC(F)(F)F)C1. The summed E-state index contributed by atoms with van der Waals surface area (Å²) in [6.45, 7) is 2.44. The molecule has 0 radical (unpaired) electrons. The number of rotatable bonds is 3. The van der Waals surface area contributed by atoms with Gasteiger partial charge in [0.15, 0.2) is 0 Å². The quantitative estimate of drug-likeness (QED) is 0.834. The molecular formula is C11H19F3N2O. The normalized spacial score (nSPS) is 26.1. The molecule has 0 aliphatic carbocycles. The van der Waals surface area contributed by atoms with Crippen molar-refractivity contribution in [3.63, 3.8) is 0 Å². The molecule has 1 aliphatic heterocycles. The van der Waals surface area contributed by atoms with Crippen molar-refractivity contribution in [3.8, 4) is 0 Å². The minimum Gasteiger partial charge on any atom is -0.341 e. The minimum atomic E-state index is -4.18. The van der Waals surface area contributed by atoms with Crippen LogP contribution in [0.5, 0.6) is 0 Å². The summed E-state index contributed by atoms with van der Waals surface area (Å²) < 4.78 is 36.9. The molecule has 0 aromatic heterocycles. The van der Waals surface area contributed by atoms with Crippen molar-refractivity contribution in [1.29, 1.82) is 0 Å². The van der Waals surface area contributed by atoms with E-state index in [0.717, 1.165) is 0 Å². The molecule has 0 aromatic carbocycles. The molecule has 6 heteroatoms. The van der Waals surface area contributed by atoms with Crippen LogP contribution in [0.1, 0.15) is 32.6 Å². The number of carbonyl (C=O) groups excluding carboxylic acids is 1. The number of nitrogens with zero attached hydrogens (tertiary/aromatic N) is 1. The van der Waals surface area contributed by atoms with Gasteiger partial charge in [-0.2, -0.15) is 13.2 Å². The average molecular weight is 252 g/mol. The zero-order valence-electron chi connectivity index (χ0n) is 9.96. The summed E-state index contributed by atoms with van der Waals surface area (Å²) in [5, 5.41) is 0. The van der Waals surface area contributed by atoms with E-state index < -0.39 is 18.5 Å². The van der Waals surface area contributed by atoms with Gasteiger partial charge < -0.3 is 10.6 Å². The molecular weight excluding hydrogens is 233 g/mol. The fraction of sp³-hybridized carbons (Fsp3) is 0.909. The van der Waals surface area contributed by atoms with E-state index in [0.29, 0.717) is 25.8 Å². The first-order valence-corrected chi connectivity index (χ1v) is 5.92. The molecule has 1 amide bonds. The summed E-state index contributed by atoms with van der Waals surface area (Å²) in [5.74, 6) is -0.644. The number of hydrogen-bond donors (Lipinski definition) is 1. The summed E-state index contributed by atoms with van der Waals surface area (Å²) in [6, 6.07) is -0.336. The number of likely N-dealkylation sites (tertiary alicyclic amines) is 1. The Morgan fingerprint density at radius 2 is 2.06 bits per heavy atom. The van der Waals surface area contributed by atoms with Gasteiger partial charge >= 0.3 is 6.18 Å². The van der Waals surface area contributed by atoms with Crippen LogP contribution in [0.4, 0.5) is 13.2 Å². The Bertz CT molecular complexity index is 268. The largest absolute Gasteiger partial charge is 0.389 e. The van der Waals surface area contributed by atoms with Crippen molar-refractivity contribution in [2.24, 2.45) is 11.7 Å². The highest BCUT2D eigenvalue weighted by Crippen LogP contribution is 2.30. The molecule has 1 heterocycles. The van der Waals surface area contributed by atoms with E-state index in [-0.39, 0.29) is 18.5 Å². The second-order valence-electron chi connectivity index (χ2n) is 4.73. The van der Waals surface area contributed by atoms with Gasteiger partial charge in [-0.25, -0.2) is 0 Å². The fourth-order valence-electron chi connectivity index (χ4n) is 2.30. The molecule has 1 fully saturated rings. The first kappa shape index (κ1) is 14.3. The smallest absolute Gasteiger partial charge is 0.341 e. The van der Waals surface area contributed by atoms with Crippen LogP contribution in [0, 0.1) is 5.92 Å². The molecule has 0 aromatic rings. The molecule has 2 N–H and O–H groups in total. The van der Waals surface area contributed by atoms with E-state index in [9.17, 15) is 18.0 Å². The van der Waals surface area contributed by atoms with Gasteiger partial charge in [-0.3, -0.25) is 4.79 Å². The number of piperidine rings is 1. The van der Waals surface area contributed by atoms with Gasteiger partial charge in [0.25, 0.3) is 0 Å². The number of alkyl halides is 3. The highest BCUT2D eigenvalue weighted by atomic mass is 19.4. The van der Waals surface area contributed by atoms with Crippen molar-refractivity contribution in [2.45, 2.75) is 44.8 Å². The maximum atomic E-state index is 12.3. The molecule has 2 unspecified atom stereocenters. The van der Waals surface area contributed by atoms with Crippen LogP contribution in [0.15, 0.2) is 0 Å². The van der Waals surface area contributed by atoms with Crippen LogP contribution in [0.2, 0.25) is 0 Å². The standard InChI is InChI=1S/C11H19F3N2O/c1-2-3-10(17)16-6-8(4-9(15)7-16)5-11(12,13)14/h8-9H,2-7,15H2,1H3. The topological polar surface area (TPSA) is 46.3 Å². The minimum absolute atomic E-state index is 0.0881. The van der Waals surface area contributed by atoms with Gasteiger partial charge in [-0.15, -0.1) is 0 Å². The molecule has 1 saturated heterocycles. The Hall–Kier alpha value is -0.780. The van der Waals surface area contributed by atoms with Gasteiger partial charge in [-0.05, 0) is 18.8 Å². The number of halogens is 3. The summed E-state index contributed by atoms with van der Waals surface area (Å²) in [7, 11) is 0. The van der Waals surface area contributed by atoms with Gasteiger partial charge in [-0.1, -0.05) is 6.92 Å². The third kappa shape index (κ3) is 4.93. The van der Waals surface area contributed by atoms with E-state index >= 15 is 0 Å². The molecule has 17 heavy (non-hydrogen) atoms. The van der Waals surface area contributed by atoms with E-state index in [1.807, 2.05) is 6.92 Å². The Kier molecular flexibility index (Phi) is 4.80. The van der Waals surface area contributed by atoms with Crippen LogP contribution in [0.25, 0.3) is 0 Å². The molecule has 1 rings (SSSR count). The number of amides is 1. The Balaban J connectivity index is 2.56. The second kappa shape index (κ2) is 5.71. The van der Waals surface area contributed by atoms with E-state index in [1.54, 1.807) is 0 Å². The highest BCUT2D eigenvalue weighted by Gasteiger charge is 2.36. The second-order valence-corrected chi connectivity index (χ2v) is 4.73. The lowest BCUT2D eigenvalue weighted by molar-refractivity contribution is -0.153. The van der Waals surface area contributed by atoms with Gasteiger partial charge in [0, 0.05) is 32.0 Å². The molecule has 0 bridgehead atoms. The van der Waals surface area contributed by atoms with Crippen molar-refractivity contribution in [1.82, 2.24) is 4.90 Å². The number of hydrogen-bond acceptors (Lipinski definition) is 2. The Morgan fingerprint density at radius 3 is 2.59 bits per heavy atom. The summed E-state index contributed by atoms with van der Waals surface area (Å²) in [4.78, 5) is 13.1. The van der Waals surface area contributed by atoms with Crippen LogP contribution in [-0.2, 0) is 4.79 Å². The van der Waals surface area contributed by atoms with Gasteiger partial charge in [0.1, 0.15) is 0 Å². The van der Waals surface area contributed by atoms with Crippen LogP contribution < -0.4 is 5.73 Å². The Morgan fingerprint density at radius 1 is 1.41 bits per heavy atom. The number of nitrogens with two attached hydrogens (primary N) is 1. The lowest BCUT2D eigenvalue weighted by atomic mass is 9.91. The van der Waals surface area contributed by atoms with E-state index in [2.05, 4.69) is 0 Å². The van der Waals surface area contributed by atoms with Crippen LogP contribution in [0.3, 0.4) is 0 Å².